The fourth-order valence-corrected chi connectivity index (χ4v) is 2.02. The summed E-state index contributed by atoms with van der Waals surface area (Å²) in [5.74, 6) is 1.09. The van der Waals surface area contributed by atoms with Gasteiger partial charge in [0.25, 0.3) is 0 Å². The van der Waals surface area contributed by atoms with Crippen LogP contribution in [-0.4, -0.2) is 19.7 Å². The molecule has 1 aromatic carbocycles. The molecule has 86 valence electrons. The zero-order chi connectivity index (χ0) is 11.5. The molecule has 3 heteroatoms. The Balaban J connectivity index is 2.09. The van der Waals surface area contributed by atoms with Crippen molar-refractivity contribution in [2.24, 2.45) is 5.92 Å². The molecule has 1 aliphatic heterocycles. The van der Waals surface area contributed by atoms with Crippen LogP contribution in [0.25, 0.3) is 0 Å². The topological polar surface area (TPSA) is 35.5 Å². The maximum atomic E-state index is 11.2. The van der Waals surface area contributed by atoms with E-state index < -0.39 is 0 Å². The summed E-state index contributed by atoms with van der Waals surface area (Å²) in [5.41, 5.74) is 1.21. The van der Waals surface area contributed by atoms with E-state index in [1.165, 1.54) is 5.56 Å². The SMILES string of the molecule is COc1ccc([C@H]2COC(=O)[C@H](C)C2)cc1. The second-order valence-corrected chi connectivity index (χ2v) is 4.24. The predicted octanol–water partition coefficient (Wildman–Crippen LogP) is 2.36. The molecular formula is C13H16O3. The van der Waals surface area contributed by atoms with Crippen LogP contribution < -0.4 is 4.74 Å². The van der Waals surface area contributed by atoms with E-state index in [2.05, 4.69) is 0 Å². The molecule has 2 rings (SSSR count). The van der Waals surface area contributed by atoms with Crippen LogP contribution in [0.15, 0.2) is 24.3 Å². The number of benzene rings is 1. The highest BCUT2D eigenvalue weighted by molar-refractivity contribution is 5.73. The summed E-state index contributed by atoms with van der Waals surface area (Å²) < 4.78 is 10.3. The molecule has 1 heterocycles. The molecule has 1 saturated heterocycles. The Hall–Kier alpha value is -1.51. The standard InChI is InChI=1S/C13H16O3/c1-9-7-11(8-16-13(9)14)10-3-5-12(15-2)6-4-10/h3-6,9,11H,7-8H2,1-2H3/t9-,11-/m1/s1. The highest BCUT2D eigenvalue weighted by Crippen LogP contribution is 2.30. The Bertz CT molecular complexity index is 369. The summed E-state index contributed by atoms with van der Waals surface area (Å²) in [5, 5.41) is 0. The third-order valence-corrected chi connectivity index (χ3v) is 3.05. The Morgan fingerprint density at radius 1 is 1.31 bits per heavy atom. The van der Waals surface area contributed by atoms with Crippen molar-refractivity contribution in [2.75, 3.05) is 13.7 Å². The molecule has 0 spiro atoms. The Morgan fingerprint density at radius 3 is 2.56 bits per heavy atom. The molecule has 0 N–H and O–H groups in total. The number of rotatable bonds is 2. The van der Waals surface area contributed by atoms with Gasteiger partial charge in [0.05, 0.1) is 19.6 Å². The molecule has 1 aliphatic rings. The van der Waals surface area contributed by atoms with E-state index in [4.69, 9.17) is 9.47 Å². The summed E-state index contributed by atoms with van der Waals surface area (Å²) in [7, 11) is 1.65. The number of hydrogen-bond acceptors (Lipinski definition) is 3. The summed E-state index contributed by atoms with van der Waals surface area (Å²) in [6, 6.07) is 7.96. The van der Waals surface area contributed by atoms with Crippen LogP contribution in [0.3, 0.4) is 0 Å². The Morgan fingerprint density at radius 2 is 2.00 bits per heavy atom. The normalized spacial score (nSPS) is 25.0. The molecule has 0 aliphatic carbocycles. The van der Waals surface area contributed by atoms with Crippen molar-refractivity contribution >= 4 is 5.97 Å². The minimum Gasteiger partial charge on any atom is -0.497 e. The van der Waals surface area contributed by atoms with Gasteiger partial charge in [0, 0.05) is 5.92 Å². The second-order valence-electron chi connectivity index (χ2n) is 4.24. The third-order valence-electron chi connectivity index (χ3n) is 3.05. The summed E-state index contributed by atoms with van der Waals surface area (Å²) in [6.45, 7) is 2.41. The minimum atomic E-state index is -0.0789. The van der Waals surface area contributed by atoms with Crippen molar-refractivity contribution < 1.29 is 14.3 Å². The first-order valence-electron chi connectivity index (χ1n) is 5.51. The molecule has 1 aromatic rings. The molecule has 0 unspecified atom stereocenters. The first kappa shape index (κ1) is 11.0. The van der Waals surface area contributed by atoms with Crippen molar-refractivity contribution in [1.82, 2.24) is 0 Å². The molecule has 16 heavy (non-hydrogen) atoms. The van der Waals surface area contributed by atoms with Crippen LogP contribution in [0.1, 0.15) is 24.8 Å². The average Bonchev–Trinajstić information content (AvgIpc) is 2.33. The zero-order valence-corrected chi connectivity index (χ0v) is 9.60. The van der Waals surface area contributed by atoms with Crippen LogP contribution >= 0.6 is 0 Å². The fourth-order valence-electron chi connectivity index (χ4n) is 2.02. The van der Waals surface area contributed by atoms with Gasteiger partial charge in [-0.2, -0.15) is 0 Å². The van der Waals surface area contributed by atoms with Gasteiger partial charge in [0.2, 0.25) is 0 Å². The molecule has 0 amide bonds. The molecule has 0 bridgehead atoms. The number of ether oxygens (including phenoxy) is 2. The highest BCUT2D eigenvalue weighted by Gasteiger charge is 2.27. The summed E-state index contributed by atoms with van der Waals surface area (Å²) >= 11 is 0. The third kappa shape index (κ3) is 2.18. The molecular weight excluding hydrogens is 204 g/mol. The van der Waals surface area contributed by atoms with Crippen molar-refractivity contribution in [2.45, 2.75) is 19.3 Å². The van der Waals surface area contributed by atoms with E-state index in [-0.39, 0.29) is 11.9 Å². The van der Waals surface area contributed by atoms with Gasteiger partial charge in [0.15, 0.2) is 0 Å². The lowest BCUT2D eigenvalue weighted by Gasteiger charge is -2.26. The van der Waals surface area contributed by atoms with Gasteiger partial charge in [-0.05, 0) is 24.1 Å². The van der Waals surface area contributed by atoms with Crippen LogP contribution in [0, 0.1) is 5.92 Å². The number of methoxy groups -OCH3 is 1. The molecule has 0 radical (unpaired) electrons. The molecule has 1 fully saturated rings. The smallest absolute Gasteiger partial charge is 0.308 e. The van der Waals surface area contributed by atoms with Gasteiger partial charge in [-0.25, -0.2) is 0 Å². The molecule has 3 nitrogen and oxygen atoms in total. The Labute approximate surface area is 95.4 Å². The van der Waals surface area contributed by atoms with Gasteiger partial charge >= 0.3 is 5.97 Å². The quantitative estimate of drug-likeness (QED) is 0.718. The predicted molar refractivity (Wildman–Crippen MR) is 60.5 cm³/mol. The Kier molecular flexibility index (Phi) is 3.13. The van der Waals surface area contributed by atoms with Crippen LogP contribution in [0.2, 0.25) is 0 Å². The number of cyclic esters (lactones) is 1. The lowest BCUT2D eigenvalue weighted by atomic mass is 9.88. The monoisotopic (exact) mass is 220 g/mol. The van der Waals surface area contributed by atoms with Gasteiger partial charge in [-0.1, -0.05) is 19.1 Å². The highest BCUT2D eigenvalue weighted by atomic mass is 16.5. The average molecular weight is 220 g/mol. The lowest BCUT2D eigenvalue weighted by Crippen LogP contribution is -2.27. The van der Waals surface area contributed by atoms with Gasteiger partial charge < -0.3 is 9.47 Å². The van der Waals surface area contributed by atoms with E-state index >= 15 is 0 Å². The van der Waals surface area contributed by atoms with Gasteiger partial charge in [-0.3, -0.25) is 4.79 Å². The van der Waals surface area contributed by atoms with Gasteiger partial charge in [0.1, 0.15) is 5.75 Å². The number of carbonyl (C=O) groups is 1. The van der Waals surface area contributed by atoms with E-state index in [1.54, 1.807) is 7.11 Å². The first-order valence-corrected chi connectivity index (χ1v) is 5.51. The maximum absolute atomic E-state index is 11.2. The number of carbonyl (C=O) groups excluding carboxylic acids is 1. The fraction of sp³-hybridized carbons (Fsp3) is 0.462. The first-order chi connectivity index (χ1) is 7.70. The molecule has 2 atom stereocenters. The summed E-state index contributed by atoms with van der Waals surface area (Å²) in [6.07, 6.45) is 0.866. The van der Waals surface area contributed by atoms with E-state index in [0.29, 0.717) is 12.5 Å². The van der Waals surface area contributed by atoms with E-state index in [1.807, 2.05) is 31.2 Å². The lowest BCUT2D eigenvalue weighted by molar-refractivity contribution is -0.153. The van der Waals surface area contributed by atoms with E-state index in [9.17, 15) is 4.79 Å². The van der Waals surface area contributed by atoms with Crippen molar-refractivity contribution in [1.29, 1.82) is 0 Å². The van der Waals surface area contributed by atoms with Gasteiger partial charge in [-0.15, -0.1) is 0 Å². The molecule has 0 aromatic heterocycles. The number of esters is 1. The maximum Gasteiger partial charge on any atom is 0.308 e. The van der Waals surface area contributed by atoms with Crippen LogP contribution in [0.4, 0.5) is 0 Å². The van der Waals surface area contributed by atoms with E-state index in [0.717, 1.165) is 12.2 Å². The second kappa shape index (κ2) is 4.56. The van der Waals surface area contributed by atoms with Crippen LogP contribution in [0.5, 0.6) is 5.75 Å². The largest absolute Gasteiger partial charge is 0.497 e. The minimum absolute atomic E-state index is 0.000789. The van der Waals surface area contributed by atoms with Crippen LogP contribution in [-0.2, 0) is 9.53 Å². The number of hydrogen-bond donors (Lipinski definition) is 0. The zero-order valence-electron chi connectivity index (χ0n) is 9.60. The summed E-state index contributed by atoms with van der Waals surface area (Å²) in [4.78, 5) is 11.2. The van der Waals surface area contributed by atoms with Crippen molar-refractivity contribution in [3.05, 3.63) is 29.8 Å². The van der Waals surface area contributed by atoms with Crippen molar-refractivity contribution in [3.63, 3.8) is 0 Å². The van der Waals surface area contributed by atoms with Crippen molar-refractivity contribution in [3.8, 4) is 5.75 Å². The molecule has 0 saturated carbocycles.